The van der Waals surface area contributed by atoms with Crippen LogP contribution in [0.1, 0.15) is 27.0 Å². The highest BCUT2D eigenvalue weighted by Crippen LogP contribution is 2.37. The number of ether oxygens (including phenoxy) is 2. The molecule has 0 aromatic heterocycles. The number of fused-ring (bicyclic) bond motifs is 1. The maximum atomic E-state index is 12.8. The summed E-state index contributed by atoms with van der Waals surface area (Å²) < 4.78 is 12.8. The Kier molecular flexibility index (Phi) is 5.25. The molecular weight excluding hydrogens is 440 g/mol. The van der Waals surface area contributed by atoms with Gasteiger partial charge in [0.2, 0.25) is 5.78 Å². The quantitative estimate of drug-likeness (QED) is 0.415. The van der Waals surface area contributed by atoms with E-state index in [0.29, 0.717) is 28.7 Å². The molecule has 3 aromatic rings. The van der Waals surface area contributed by atoms with E-state index >= 15 is 0 Å². The van der Waals surface area contributed by atoms with Crippen molar-refractivity contribution in [3.63, 3.8) is 0 Å². The molecule has 0 amide bonds. The van der Waals surface area contributed by atoms with E-state index in [9.17, 15) is 4.79 Å². The molecule has 0 spiro atoms. The first kappa shape index (κ1) is 18.8. The Morgan fingerprint density at radius 3 is 2.64 bits per heavy atom. The Hall–Kier alpha value is -2.56. The van der Waals surface area contributed by atoms with Gasteiger partial charge < -0.3 is 9.47 Å². The van der Waals surface area contributed by atoms with Crippen LogP contribution in [0.5, 0.6) is 11.5 Å². The number of ketones is 1. The van der Waals surface area contributed by atoms with E-state index in [0.717, 1.165) is 21.2 Å². The normalized spacial score (nSPS) is 14.1. The van der Waals surface area contributed by atoms with Crippen LogP contribution in [-0.4, -0.2) is 5.78 Å². The van der Waals surface area contributed by atoms with Crippen molar-refractivity contribution >= 4 is 39.4 Å². The molecule has 0 aliphatic carbocycles. The number of aryl methyl sites for hydroxylation is 1. The lowest BCUT2D eigenvalue weighted by Crippen LogP contribution is -2.00. The topological polar surface area (TPSA) is 35.5 Å². The van der Waals surface area contributed by atoms with Gasteiger partial charge in [-0.3, -0.25) is 4.79 Å². The third-order valence-electron chi connectivity index (χ3n) is 4.41. The van der Waals surface area contributed by atoms with Gasteiger partial charge in [0, 0.05) is 15.6 Å². The summed E-state index contributed by atoms with van der Waals surface area (Å²) in [6.07, 6.45) is 1.70. The van der Waals surface area contributed by atoms with Crippen LogP contribution in [0.25, 0.3) is 6.08 Å². The minimum absolute atomic E-state index is 0.132. The lowest BCUT2D eigenvalue weighted by Gasteiger charge is -2.09. The molecule has 28 heavy (non-hydrogen) atoms. The summed E-state index contributed by atoms with van der Waals surface area (Å²) in [5.74, 6) is 1.33. The van der Waals surface area contributed by atoms with E-state index in [1.54, 1.807) is 24.3 Å². The molecule has 0 radical (unpaired) electrons. The zero-order valence-corrected chi connectivity index (χ0v) is 17.4. The Morgan fingerprint density at radius 1 is 1.11 bits per heavy atom. The van der Waals surface area contributed by atoms with Gasteiger partial charge in [-0.05, 0) is 60.0 Å². The maximum absolute atomic E-state index is 12.8. The van der Waals surface area contributed by atoms with E-state index in [1.807, 2.05) is 49.4 Å². The summed E-state index contributed by atoms with van der Waals surface area (Å²) in [6, 6.07) is 18.8. The van der Waals surface area contributed by atoms with E-state index < -0.39 is 0 Å². The van der Waals surface area contributed by atoms with Crippen molar-refractivity contribution in [2.45, 2.75) is 13.5 Å². The predicted molar refractivity (Wildman–Crippen MR) is 114 cm³/mol. The van der Waals surface area contributed by atoms with Gasteiger partial charge in [0.15, 0.2) is 5.76 Å². The standard InChI is InChI=1S/C23H16BrClO3/c1-14-9-19(27-13-15-5-7-17(24)8-6-15)12-20-22(14)23(26)21(28-20)11-16-3-2-4-18(25)10-16/h2-12H,13H2,1H3/b21-11-. The highest BCUT2D eigenvalue weighted by molar-refractivity contribution is 9.10. The molecule has 0 unspecified atom stereocenters. The number of carbonyl (C=O) groups is 1. The molecule has 5 heteroatoms. The summed E-state index contributed by atoms with van der Waals surface area (Å²) in [5, 5.41) is 0.608. The first-order valence-electron chi connectivity index (χ1n) is 8.71. The van der Waals surface area contributed by atoms with Gasteiger partial charge in [0.05, 0.1) is 5.56 Å². The SMILES string of the molecule is Cc1cc(OCc2ccc(Br)cc2)cc2c1C(=O)/C(=C/c1cccc(Cl)c1)O2. The number of benzene rings is 3. The van der Waals surface area contributed by atoms with Crippen LogP contribution in [0.4, 0.5) is 0 Å². The third kappa shape index (κ3) is 3.98. The number of hydrogen-bond donors (Lipinski definition) is 0. The fourth-order valence-corrected chi connectivity index (χ4v) is 3.52. The number of allylic oxidation sites excluding steroid dienone is 1. The Bertz CT molecular complexity index is 1090. The van der Waals surface area contributed by atoms with Crippen LogP contribution in [0.3, 0.4) is 0 Å². The second kappa shape index (κ2) is 7.82. The third-order valence-corrected chi connectivity index (χ3v) is 5.17. The van der Waals surface area contributed by atoms with Crippen molar-refractivity contribution in [1.29, 1.82) is 0 Å². The van der Waals surface area contributed by atoms with Crippen molar-refractivity contribution in [2.24, 2.45) is 0 Å². The van der Waals surface area contributed by atoms with Crippen molar-refractivity contribution < 1.29 is 14.3 Å². The second-order valence-corrected chi connectivity index (χ2v) is 7.88. The molecule has 1 aliphatic rings. The monoisotopic (exact) mass is 454 g/mol. The number of carbonyl (C=O) groups excluding carboxylic acids is 1. The van der Waals surface area contributed by atoms with Crippen LogP contribution in [0, 0.1) is 6.92 Å². The number of hydrogen-bond acceptors (Lipinski definition) is 3. The van der Waals surface area contributed by atoms with Crippen LogP contribution in [-0.2, 0) is 6.61 Å². The molecular formula is C23H16BrClO3. The minimum atomic E-state index is -0.132. The van der Waals surface area contributed by atoms with Crippen LogP contribution < -0.4 is 9.47 Å². The molecule has 0 saturated heterocycles. The lowest BCUT2D eigenvalue weighted by atomic mass is 10.0. The molecule has 0 saturated carbocycles. The van der Waals surface area contributed by atoms with Crippen molar-refractivity contribution in [2.75, 3.05) is 0 Å². The van der Waals surface area contributed by atoms with Gasteiger partial charge >= 0.3 is 0 Å². The minimum Gasteiger partial charge on any atom is -0.489 e. The smallest absolute Gasteiger partial charge is 0.232 e. The number of rotatable bonds is 4. The summed E-state index contributed by atoms with van der Waals surface area (Å²) in [6.45, 7) is 2.32. The zero-order valence-electron chi connectivity index (χ0n) is 15.0. The Labute approximate surface area is 176 Å². The number of halogens is 2. The zero-order chi connectivity index (χ0) is 19.7. The van der Waals surface area contributed by atoms with Gasteiger partial charge in [-0.15, -0.1) is 0 Å². The lowest BCUT2D eigenvalue weighted by molar-refractivity contribution is 0.101. The highest BCUT2D eigenvalue weighted by atomic mass is 79.9. The Morgan fingerprint density at radius 2 is 1.89 bits per heavy atom. The molecule has 140 valence electrons. The van der Waals surface area contributed by atoms with E-state index in [4.69, 9.17) is 21.1 Å². The van der Waals surface area contributed by atoms with E-state index in [-0.39, 0.29) is 11.5 Å². The van der Waals surface area contributed by atoms with Crippen molar-refractivity contribution in [1.82, 2.24) is 0 Å². The maximum Gasteiger partial charge on any atom is 0.232 e. The molecule has 3 aromatic carbocycles. The fraction of sp³-hybridized carbons (Fsp3) is 0.0870. The van der Waals surface area contributed by atoms with Crippen LogP contribution >= 0.6 is 27.5 Å². The van der Waals surface area contributed by atoms with Crippen molar-refractivity contribution in [3.05, 3.63) is 98.2 Å². The Balaban J connectivity index is 1.56. The van der Waals surface area contributed by atoms with E-state index in [2.05, 4.69) is 15.9 Å². The molecule has 3 nitrogen and oxygen atoms in total. The largest absolute Gasteiger partial charge is 0.489 e. The first-order chi connectivity index (χ1) is 13.5. The molecule has 0 fully saturated rings. The van der Waals surface area contributed by atoms with Crippen molar-refractivity contribution in [3.8, 4) is 11.5 Å². The molecule has 0 N–H and O–H groups in total. The number of Topliss-reactive ketones (excluding diaryl/α,β-unsaturated/α-hetero) is 1. The predicted octanol–water partition coefficient (Wildman–Crippen LogP) is 6.61. The first-order valence-corrected chi connectivity index (χ1v) is 9.88. The van der Waals surface area contributed by atoms with Gasteiger partial charge in [0.25, 0.3) is 0 Å². The average Bonchev–Trinajstić information content (AvgIpc) is 2.97. The van der Waals surface area contributed by atoms with Gasteiger partial charge in [-0.2, -0.15) is 0 Å². The average molecular weight is 456 g/mol. The molecule has 1 heterocycles. The van der Waals surface area contributed by atoms with E-state index in [1.165, 1.54) is 0 Å². The van der Waals surface area contributed by atoms with Crippen LogP contribution in [0.2, 0.25) is 5.02 Å². The molecule has 1 aliphatic heterocycles. The summed E-state index contributed by atoms with van der Waals surface area (Å²) >= 11 is 9.44. The summed E-state index contributed by atoms with van der Waals surface area (Å²) in [7, 11) is 0. The summed E-state index contributed by atoms with van der Waals surface area (Å²) in [5.41, 5.74) is 3.26. The van der Waals surface area contributed by atoms with Gasteiger partial charge in [0.1, 0.15) is 18.1 Å². The van der Waals surface area contributed by atoms with Gasteiger partial charge in [-0.1, -0.05) is 51.8 Å². The highest BCUT2D eigenvalue weighted by Gasteiger charge is 2.30. The molecule has 4 rings (SSSR count). The van der Waals surface area contributed by atoms with Crippen LogP contribution in [0.15, 0.2) is 70.9 Å². The molecule has 0 bridgehead atoms. The second-order valence-electron chi connectivity index (χ2n) is 6.52. The fourth-order valence-electron chi connectivity index (χ4n) is 3.06. The van der Waals surface area contributed by atoms with Gasteiger partial charge in [-0.25, -0.2) is 0 Å². The molecule has 0 atom stereocenters. The summed E-state index contributed by atoms with van der Waals surface area (Å²) in [4.78, 5) is 12.8.